The van der Waals surface area contributed by atoms with Crippen LogP contribution in [0.4, 0.5) is 0 Å². The van der Waals surface area contributed by atoms with Crippen LogP contribution in [0.1, 0.15) is 29.2 Å². The summed E-state index contributed by atoms with van der Waals surface area (Å²) in [6, 6.07) is 3.94. The van der Waals surface area contributed by atoms with Crippen molar-refractivity contribution in [1.82, 2.24) is 10.2 Å². The van der Waals surface area contributed by atoms with Crippen LogP contribution in [0.25, 0.3) is 0 Å². The summed E-state index contributed by atoms with van der Waals surface area (Å²) in [6.07, 6.45) is 0.390. The first-order chi connectivity index (χ1) is 9.63. The number of hydrogen-bond acceptors (Lipinski definition) is 4. The molecule has 1 unspecified atom stereocenters. The second kappa shape index (κ2) is 7.07. The van der Waals surface area contributed by atoms with Crippen molar-refractivity contribution in [1.29, 1.82) is 0 Å². The molecule has 0 saturated carbocycles. The van der Waals surface area contributed by atoms with E-state index in [0.29, 0.717) is 0 Å². The number of methoxy groups -OCH3 is 1. The summed E-state index contributed by atoms with van der Waals surface area (Å²) in [5.41, 5.74) is 3.28. The van der Waals surface area contributed by atoms with Gasteiger partial charge in [-0.3, -0.25) is 0 Å². The van der Waals surface area contributed by atoms with Crippen molar-refractivity contribution in [3.63, 3.8) is 0 Å². The number of rotatable bonds is 5. The van der Waals surface area contributed by atoms with Gasteiger partial charge in [0.1, 0.15) is 5.75 Å². The molecule has 1 atom stereocenters. The number of benzene rings is 1. The Hall–Kier alpha value is -1.10. The van der Waals surface area contributed by atoms with Crippen molar-refractivity contribution >= 4 is 0 Å². The van der Waals surface area contributed by atoms with E-state index >= 15 is 0 Å². The first-order valence-electron chi connectivity index (χ1n) is 7.38. The summed E-state index contributed by atoms with van der Waals surface area (Å²) in [7, 11) is 1.68. The highest BCUT2D eigenvalue weighted by Gasteiger charge is 2.16. The van der Waals surface area contributed by atoms with E-state index in [2.05, 4.69) is 17.1 Å². The number of hydrogen-bond donors (Lipinski definition) is 2. The van der Waals surface area contributed by atoms with Crippen molar-refractivity contribution < 1.29 is 9.84 Å². The third kappa shape index (κ3) is 3.51. The third-order valence-electron chi connectivity index (χ3n) is 4.29. The van der Waals surface area contributed by atoms with Gasteiger partial charge in [-0.15, -0.1) is 0 Å². The molecule has 1 aromatic rings. The van der Waals surface area contributed by atoms with Gasteiger partial charge in [0.15, 0.2) is 0 Å². The normalized spacial score (nSPS) is 18.0. The highest BCUT2D eigenvalue weighted by Crippen LogP contribution is 2.29. The van der Waals surface area contributed by atoms with E-state index in [-0.39, 0.29) is 0 Å². The summed E-state index contributed by atoms with van der Waals surface area (Å²) in [5.74, 6) is 0.889. The van der Waals surface area contributed by atoms with E-state index in [9.17, 15) is 5.11 Å². The Labute approximate surface area is 121 Å². The average molecular weight is 278 g/mol. The van der Waals surface area contributed by atoms with Crippen LogP contribution in [0, 0.1) is 13.8 Å². The van der Waals surface area contributed by atoms with Gasteiger partial charge in [0.2, 0.25) is 0 Å². The van der Waals surface area contributed by atoms with Crippen molar-refractivity contribution in [3.8, 4) is 5.75 Å². The maximum Gasteiger partial charge on any atom is 0.122 e. The predicted octanol–water partition coefficient (Wildman–Crippen LogP) is 1.64. The highest BCUT2D eigenvalue weighted by molar-refractivity contribution is 5.44. The van der Waals surface area contributed by atoms with Crippen LogP contribution in [0.15, 0.2) is 12.1 Å². The zero-order valence-electron chi connectivity index (χ0n) is 12.8. The minimum absolute atomic E-state index is 0.394. The molecule has 1 saturated heterocycles. The fourth-order valence-electron chi connectivity index (χ4n) is 2.79. The number of nitrogens with one attached hydrogen (secondary N) is 1. The van der Waals surface area contributed by atoms with E-state index in [1.165, 1.54) is 0 Å². The molecule has 0 bridgehead atoms. The molecule has 1 aliphatic rings. The molecule has 2 N–H and O–H groups in total. The predicted molar refractivity (Wildman–Crippen MR) is 81.4 cm³/mol. The Morgan fingerprint density at radius 3 is 2.60 bits per heavy atom. The van der Waals surface area contributed by atoms with Gasteiger partial charge in [-0.2, -0.15) is 0 Å². The molecule has 0 aliphatic carbocycles. The van der Waals surface area contributed by atoms with E-state index in [1.807, 2.05) is 19.1 Å². The van der Waals surface area contributed by atoms with Crippen LogP contribution < -0.4 is 10.1 Å². The summed E-state index contributed by atoms with van der Waals surface area (Å²) >= 11 is 0. The molecule has 4 nitrogen and oxygen atoms in total. The van der Waals surface area contributed by atoms with Gasteiger partial charge in [0.25, 0.3) is 0 Å². The van der Waals surface area contributed by atoms with Crippen molar-refractivity contribution in [2.45, 2.75) is 26.4 Å². The van der Waals surface area contributed by atoms with Crippen LogP contribution >= 0.6 is 0 Å². The Morgan fingerprint density at radius 1 is 1.25 bits per heavy atom. The second-order valence-electron chi connectivity index (χ2n) is 5.50. The summed E-state index contributed by atoms with van der Waals surface area (Å²) in [6.45, 7) is 9.31. The lowest BCUT2D eigenvalue weighted by atomic mass is 9.96. The average Bonchev–Trinajstić information content (AvgIpc) is 2.48. The first kappa shape index (κ1) is 15.3. The standard InChI is InChI=1S/C16H26N2O2/c1-12-13(2)16(20-3)5-4-14(12)15(19)6-9-18-10-7-17-8-11-18/h4-5,15,17,19H,6-11H2,1-3H3. The maximum absolute atomic E-state index is 10.4. The number of nitrogens with zero attached hydrogens (tertiary/aromatic N) is 1. The van der Waals surface area contributed by atoms with E-state index < -0.39 is 6.10 Å². The molecule has 20 heavy (non-hydrogen) atoms. The van der Waals surface area contributed by atoms with Crippen LogP contribution in [-0.2, 0) is 0 Å². The molecule has 4 heteroatoms. The van der Waals surface area contributed by atoms with Crippen molar-refractivity contribution in [3.05, 3.63) is 28.8 Å². The molecule has 0 amide bonds. The molecule has 112 valence electrons. The molecule has 1 fully saturated rings. The van der Waals surface area contributed by atoms with Crippen LogP contribution in [0.3, 0.4) is 0 Å². The molecular weight excluding hydrogens is 252 g/mol. The third-order valence-corrected chi connectivity index (χ3v) is 4.29. The Balaban J connectivity index is 1.98. The quantitative estimate of drug-likeness (QED) is 0.859. The van der Waals surface area contributed by atoms with Gasteiger partial charge in [0, 0.05) is 32.7 Å². The largest absolute Gasteiger partial charge is 0.496 e. The van der Waals surface area contributed by atoms with E-state index in [0.717, 1.165) is 61.6 Å². The minimum Gasteiger partial charge on any atom is -0.496 e. The maximum atomic E-state index is 10.4. The highest BCUT2D eigenvalue weighted by atomic mass is 16.5. The Morgan fingerprint density at radius 2 is 1.95 bits per heavy atom. The topological polar surface area (TPSA) is 44.7 Å². The number of aliphatic hydroxyl groups excluding tert-OH is 1. The number of ether oxygens (including phenoxy) is 1. The molecule has 1 heterocycles. The SMILES string of the molecule is COc1ccc(C(O)CCN2CCNCC2)c(C)c1C. The molecule has 0 spiro atoms. The van der Waals surface area contributed by atoms with Crippen LogP contribution in [0.5, 0.6) is 5.75 Å². The minimum atomic E-state index is -0.394. The van der Waals surface area contributed by atoms with Gasteiger partial charge in [-0.05, 0) is 43.0 Å². The molecular formula is C16H26N2O2. The molecule has 1 aromatic carbocycles. The summed E-state index contributed by atoms with van der Waals surface area (Å²) in [4.78, 5) is 2.41. The van der Waals surface area contributed by atoms with Gasteiger partial charge < -0.3 is 20.1 Å². The monoisotopic (exact) mass is 278 g/mol. The lowest BCUT2D eigenvalue weighted by Gasteiger charge is -2.28. The molecule has 1 aliphatic heterocycles. The molecule has 0 aromatic heterocycles. The fraction of sp³-hybridized carbons (Fsp3) is 0.625. The second-order valence-corrected chi connectivity index (χ2v) is 5.50. The fourth-order valence-corrected chi connectivity index (χ4v) is 2.79. The van der Waals surface area contributed by atoms with E-state index in [1.54, 1.807) is 7.11 Å². The summed E-state index contributed by atoms with van der Waals surface area (Å²) in [5, 5.41) is 13.8. The lowest BCUT2D eigenvalue weighted by molar-refractivity contribution is 0.136. The lowest BCUT2D eigenvalue weighted by Crippen LogP contribution is -2.44. The van der Waals surface area contributed by atoms with Crippen LogP contribution in [0.2, 0.25) is 0 Å². The first-order valence-corrected chi connectivity index (χ1v) is 7.38. The number of aliphatic hydroxyl groups is 1. The van der Waals surface area contributed by atoms with Gasteiger partial charge in [-0.25, -0.2) is 0 Å². The number of piperazine rings is 1. The smallest absolute Gasteiger partial charge is 0.122 e. The Kier molecular flexibility index (Phi) is 5.40. The zero-order valence-corrected chi connectivity index (χ0v) is 12.8. The van der Waals surface area contributed by atoms with Crippen molar-refractivity contribution in [2.75, 3.05) is 39.8 Å². The van der Waals surface area contributed by atoms with Gasteiger partial charge in [-0.1, -0.05) is 6.07 Å². The summed E-state index contributed by atoms with van der Waals surface area (Å²) < 4.78 is 5.32. The molecule has 0 radical (unpaired) electrons. The van der Waals surface area contributed by atoms with Crippen LogP contribution in [-0.4, -0.2) is 49.8 Å². The van der Waals surface area contributed by atoms with Gasteiger partial charge in [0.05, 0.1) is 13.2 Å². The Bertz CT molecular complexity index is 442. The molecule has 2 rings (SSSR count). The van der Waals surface area contributed by atoms with Crippen molar-refractivity contribution in [2.24, 2.45) is 0 Å². The van der Waals surface area contributed by atoms with E-state index in [4.69, 9.17) is 4.74 Å². The van der Waals surface area contributed by atoms with Gasteiger partial charge >= 0.3 is 0 Å². The zero-order chi connectivity index (χ0) is 14.5.